The molecule has 0 radical (unpaired) electrons. The predicted molar refractivity (Wildman–Crippen MR) is 141 cm³/mol. The van der Waals surface area contributed by atoms with Crippen LogP contribution in [0, 0.1) is 0 Å². The molecule has 4 heteroatoms. The molecule has 3 rings (SSSR count). The van der Waals surface area contributed by atoms with E-state index in [1.165, 1.54) is 16.8 Å². The number of hydrogen-bond donors (Lipinski definition) is 1. The average molecular weight is 486 g/mol. The van der Waals surface area contributed by atoms with Crippen LogP contribution in [0.25, 0.3) is 0 Å². The Labute approximate surface area is 195 Å². The fraction of sp³-hybridized carbons (Fsp3) is 0.385. The van der Waals surface area contributed by atoms with E-state index in [0.717, 1.165) is 19.3 Å². The number of benzene rings is 2. The summed E-state index contributed by atoms with van der Waals surface area (Å²) in [5.41, 5.74) is 4.15. The van der Waals surface area contributed by atoms with Crippen LogP contribution in [-0.4, -0.2) is 7.05 Å². The molecule has 0 fully saturated rings. The van der Waals surface area contributed by atoms with Crippen LogP contribution in [0.1, 0.15) is 31.4 Å². The molecule has 0 unspecified atom stereocenters. The summed E-state index contributed by atoms with van der Waals surface area (Å²) in [5.74, 6) is 0. The van der Waals surface area contributed by atoms with Crippen molar-refractivity contribution in [2.24, 2.45) is 0 Å². The van der Waals surface area contributed by atoms with Crippen molar-refractivity contribution < 1.29 is 14.0 Å². The Morgan fingerprint density at radius 1 is 0.800 bits per heavy atom. The molecule has 0 heterocycles. The first kappa shape index (κ1) is 29.0. The molecule has 0 saturated heterocycles. The van der Waals surface area contributed by atoms with Gasteiger partial charge in [0.2, 0.25) is 0 Å². The van der Waals surface area contributed by atoms with Crippen molar-refractivity contribution in [3.8, 4) is 0 Å². The zero-order valence-electron chi connectivity index (χ0n) is 19.8. The molecular weight excluding hydrogens is 445 g/mol. The standard InChI is InChI=1S/C11H17N.C6H5.C5H5.4CH3.2ClH.Ti/c1-4-9-7-6-8-10(5-2)11(9)12-3;1-2-4-6-5-3-1;1-2-4-5-3-1;;;;;;;/h6-8,12H,4-5H2,1-3H3;1-5H;1-3H,4H2;4*1H3;2*1H;. The van der Waals surface area contributed by atoms with Crippen molar-refractivity contribution in [3.05, 3.63) is 81.8 Å². The Hall–Kier alpha value is -0.986. The van der Waals surface area contributed by atoms with Crippen molar-refractivity contribution in [1.29, 1.82) is 0 Å². The van der Waals surface area contributed by atoms with E-state index in [1.54, 1.807) is 7.75 Å². The Balaban J connectivity index is 0.000000545. The molecule has 30 heavy (non-hydrogen) atoms. The topological polar surface area (TPSA) is 12.0 Å². The van der Waals surface area contributed by atoms with Gasteiger partial charge in [0.05, 0.1) is 0 Å². The van der Waals surface area contributed by atoms with E-state index in [2.05, 4.69) is 107 Å². The Morgan fingerprint density at radius 2 is 1.33 bits per heavy atom. The van der Waals surface area contributed by atoms with Gasteiger partial charge in [-0.1, -0.05) is 32.0 Å². The van der Waals surface area contributed by atoms with Crippen LogP contribution in [-0.2, 0) is 26.9 Å². The first-order valence-corrected chi connectivity index (χ1v) is 18.6. The van der Waals surface area contributed by atoms with Crippen molar-refractivity contribution >= 4 is 34.4 Å². The molecule has 0 saturated carbocycles. The molecule has 1 nitrogen and oxygen atoms in total. The van der Waals surface area contributed by atoms with Crippen LogP contribution in [0.15, 0.2) is 70.6 Å². The zero-order valence-corrected chi connectivity index (χ0v) is 23.0. The molecule has 0 bridgehead atoms. The van der Waals surface area contributed by atoms with Crippen molar-refractivity contribution in [2.45, 2.75) is 54.0 Å². The van der Waals surface area contributed by atoms with Gasteiger partial charge in [0, 0.05) is 12.7 Å². The normalized spacial score (nSPS) is 14.7. The van der Waals surface area contributed by atoms with Crippen molar-refractivity contribution in [3.63, 3.8) is 0 Å². The Bertz CT molecular complexity index is 855. The molecule has 168 valence electrons. The van der Waals surface area contributed by atoms with Crippen LogP contribution in [0.3, 0.4) is 0 Å². The van der Waals surface area contributed by atoms with Gasteiger partial charge in [-0.05, 0) is 24.0 Å². The third-order valence-corrected chi connectivity index (χ3v) is 16.2. The number of halogens is 2. The molecule has 2 aromatic rings. The average Bonchev–Trinajstić information content (AvgIpc) is 3.24. The summed E-state index contributed by atoms with van der Waals surface area (Å²) in [6, 6.07) is 17.6. The van der Waals surface area contributed by atoms with Crippen LogP contribution >= 0.6 is 24.8 Å². The summed E-state index contributed by atoms with van der Waals surface area (Å²) in [7, 11) is 1.99. The molecule has 0 atom stereocenters. The fourth-order valence-electron chi connectivity index (χ4n) is 4.22. The maximum absolute atomic E-state index is 3.27. The minimum atomic E-state index is -3.17. The SMILES string of the molecule is CCc1cccc(CC)c1NC.Cl.Cl.[CH3][Ti]([CH3])([CH3])([CH3])([C]1=CC=CC1)[c]1ccccc1. The fourth-order valence-corrected chi connectivity index (χ4v) is 10.4. The second kappa shape index (κ2) is 10.6. The number of nitrogens with one attached hydrogen (secondary N) is 1. The first-order valence-electron chi connectivity index (χ1n) is 10.7. The Morgan fingerprint density at radius 3 is 1.73 bits per heavy atom. The van der Waals surface area contributed by atoms with Gasteiger partial charge >= 0.3 is 97.7 Å². The second-order valence-electron chi connectivity index (χ2n) is 10.7. The van der Waals surface area contributed by atoms with E-state index in [-0.39, 0.29) is 24.8 Å². The van der Waals surface area contributed by atoms with Gasteiger partial charge < -0.3 is 5.32 Å². The van der Waals surface area contributed by atoms with Crippen LogP contribution < -0.4 is 9.18 Å². The number of aryl methyl sites for hydroxylation is 2. The predicted octanol–water partition coefficient (Wildman–Crippen LogP) is 8.27. The number of allylic oxidation sites excluding steroid dienone is 4. The number of anilines is 1. The summed E-state index contributed by atoms with van der Waals surface area (Å²) in [5, 5.41) is 13.4. The number of para-hydroxylation sites is 1. The molecule has 1 aliphatic carbocycles. The van der Waals surface area contributed by atoms with Gasteiger partial charge in [-0.25, -0.2) is 0 Å². The summed E-state index contributed by atoms with van der Waals surface area (Å²) in [6.07, 6.45) is 10.2. The van der Waals surface area contributed by atoms with E-state index in [0.29, 0.717) is 0 Å². The molecule has 0 spiro atoms. The molecule has 0 aromatic heterocycles. The van der Waals surface area contributed by atoms with Crippen LogP contribution in [0.5, 0.6) is 0 Å². The monoisotopic (exact) mass is 485 g/mol. The summed E-state index contributed by atoms with van der Waals surface area (Å²) in [6.45, 7) is 4.38. The molecule has 0 amide bonds. The first-order chi connectivity index (χ1) is 13.1. The third kappa shape index (κ3) is 6.27. The molecular formula is C26H41Cl2NTi. The van der Waals surface area contributed by atoms with Gasteiger partial charge in [0.15, 0.2) is 0 Å². The van der Waals surface area contributed by atoms with Gasteiger partial charge in [-0.3, -0.25) is 0 Å². The van der Waals surface area contributed by atoms with E-state index in [4.69, 9.17) is 0 Å². The molecule has 1 aliphatic rings. The Kier molecular flexibility index (Phi) is 10.2. The maximum atomic E-state index is 3.27. The van der Waals surface area contributed by atoms with Crippen molar-refractivity contribution in [2.75, 3.05) is 12.4 Å². The third-order valence-electron chi connectivity index (χ3n) is 6.54. The van der Waals surface area contributed by atoms with Gasteiger partial charge in [-0.15, -0.1) is 24.8 Å². The van der Waals surface area contributed by atoms with E-state index in [9.17, 15) is 0 Å². The molecule has 0 aliphatic heterocycles. The van der Waals surface area contributed by atoms with Gasteiger partial charge in [-0.2, -0.15) is 0 Å². The van der Waals surface area contributed by atoms with Crippen molar-refractivity contribution in [1.82, 2.24) is 0 Å². The van der Waals surface area contributed by atoms with E-state index >= 15 is 0 Å². The summed E-state index contributed by atoms with van der Waals surface area (Å²) >= 11 is -3.17. The van der Waals surface area contributed by atoms with E-state index in [1.807, 2.05) is 7.05 Å². The second-order valence-corrected chi connectivity index (χ2v) is 28.6. The quantitative estimate of drug-likeness (QED) is 0.420. The van der Waals surface area contributed by atoms with Gasteiger partial charge in [0.25, 0.3) is 0 Å². The summed E-state index contributed by atoms with van der Waals surface area (Å²) in [4.78, 5) is 0. The minimum absolute atomic E-state index is 0. The molecule has 2 aromatic carbocycles. The van der Waals surface area contributed by atoms with Crippen LogP contribution in [0.4, 0.5) is 5.69 Å². The summed E-state index contributed by atoms with van der Waals surface area (Å²) < 4.78 is 3.21. The number of hydrogen-bond acceptors (Lipinski definition) is 1. The number of rotatable bonds is 5. The molecule has 1 N–H and O–H groups in total. The van der Waals surface area contributed by atoms with Gasteiger partial charge in [0.1, 0.15) is 0 Å². The van der Waals surface area contributed by atoms with Crippen LogP contribution in [0.2, 0.25) is 20.9 Å². The zero-order chi connectivity index (χ0) is 20.9. The van der Waals surface area contributed by atoms with E-state index < -0.39 is 14.0 Å².